The third-order valence-corrected chi connectivity index (χ3v) is 7.28. The van der Waals surface area contributed by atoms with Gasteiger partial charge in [-0.1, -0.05) is 36.4 Å². The van der Waals surface area contributed by atoms with Crippen molar-refractivity contribution in [3.63, 3.8) is 0 Å². The number of benzene rings is 3. The van der Waals surface area contributed by atoms with E-state index in [0.717, 1.165) is 5.56 Å². The van der Waals surface area contributed by atoms with Crippen LogP contribution in [-0.4, -0.2) is 58.9 Å². The van der Waals surface area contributed by atoms with Crippen LogP contribution in [0.1, 0.15) is 45.5 Å². The molecule has 3 amide bonds. The molecule has 0 spiro atoms. The zero-order valence-corrected chi connectivity index (χ0v) is 22.6. The van der Waals surface area contributed by atoms with E-state index in [1.165, 1.54) is 6.20 Å². The van der Waals surface area contributed by atoms with E-state index in [4.69, 9.17) is 0 Å². The number of carbonyl (C=O) groups is 3. The largest absolute Gasteiger partial charge is 0.507 e. The van der Waals surface area contributed by atoms with Gasteiger partial charge in [0.1, 0.15) is 5.75 Å². The molecule has 210 valence electrons. The number of hydrogen-bond donors (Lipinski definition) is 4. The van der Waals surface area contributed by atoms with Crippen LogP contribution in [0, 0.1) is 0 Å². The van der Waals surface area contributed by atoms with Crippen molar-refractivity contribution in [2.24, 2.45) is 0 Å². The van der Waals surface area contributed by atoms with Gasteiger partial charge >= 0.3 is 0 Å². The molecular formula is C32H32N4O5. The van der Waals surface area contributed by atoms with E-state index in [9.17, 15) is 24.3 Å². The van der Waals surface area contributed by atoms with Crippen LogP contribution in [0.5, 0.6) is 5.75 Å². The van der Waals surface area contributed by atoms with Crippen molar-refractivity contribution in [1.82, 2.24) is 20.5 Å². The first-order valence-corrected chi connectivity index (χ1v) is 13.8. The highest BCUT2D eigenvalue weighted by molar-refractivity contribution is 6.06. The van der Waals surface area contributed by atoms with E-state index < -0.39 is 0 Å². The molecule has 1 aromatic heterocycles. The molecule has 5 rings (SSSR count). The number of phenols is 1. The maximum Gasteiger partial charge on any atom is 0.255 e. The average molecular weight is 553 g/mol. The van der Waals surface area contributed by atoms with Crippen LogP contribution in [0.3, 0.4) is 0 Å². The first-order chi connectivity index (χ1) is 19.9. The van der Waals surface area contributed by atoms with E-state index in [-0.39, 0.29) is 35.5 Å². The number of H-pyrrole nitrogens is 1. The summed E-state index contributed by atoms with van der Waals surface area (Å²) < 4.78 is 0. The van der Waals surface area contributed by atoms with Gasteiger partial charge in [0.25, 0.3) is 17.4 Å². The molecule has 9 nitrogen and oxygen atoms in total. The van der Waals surface area contributed by atoms with Crippen LogP contribution in [0.15, 0.2) is 77.7 Å². The minimum atomic E-state index is -0.266. The molecule has 0 aliphatic carbocycles. The third-order valence-electron chi connectivity index (χ3n) is 7.28. The van der Waals surface area contributed by atoms with Gasteiger partial charge in [0, 0.05) is 60.7 Å². The Balaban J connectivity index is 1.38. The van der Waals surface area contributed by atoms with E-state index >= 15 is 0 Å². The second-order valence-corrected chi connectivity index (χ2v) is 10.1. The number of pyridine rings is 1. The summed E-state index contributed by atoms with van der Waals surface area (Å²) >= 11 is 0. The lowest BCUT2D eigenvalue weighted by Gasteiger charge is -2.23. The quantitative estimate of drug-likeness (QED) is 0.287. The molecule has 9 heteroatoms. The van der Waals surface area contributed by atoms with Gasteiger partial charge in [-0.25, -0.2) is 0 Å². The third kappa shape index (κ3) is 6.46. The van der Waals surface area contributed by atoms with Crippen molar-refractivity contribution >= 4 is 28.5 Å². The molecule has 1 aliphatic heterocycles. The molecule has 0 saturated carbocycles. The lowest BCUT2D eigenvalue weighted by molar-refractivity contribution is -0.121. The Morgan fingerprint density at radius 2 is 1.56 bits per heavy atom. The zero-order valence-electron chi connectivity index (χ0n) is 22.6. The normalized spacial score (nSPS) is 15.3. The van der Waals surface area contributed by atoms with Crippen LogP contribution in [-0.2, 0) is 11.2 Å². The van der Waals surface area contributed by atoms with Gasteiger partial charge in [-0.3, -0.25) is 19.2 Å². The molecule has 0 saturated heterocycles. The molecule has 2 heterocycles. The Kier molecular flexibility index (Phi) is 8.43. The number of amides is 3. The highest BCUT2D eigenvalue weighted by atomic mass is 16.3. The fourth-order valence-corrected chi connectivity index (χ4v) is 5.11. The molecule has 41 heavy (non-hydrogen) atoms. The van der Waals surface area contributed by atoms with Crippen molar-refractivity contribution < 1.29 is 19.5 Å². The topological polar surface area (TPSA) is 132 Å². The number of nitrogens with zero attached hydrogens (tertiary/aromatic N) is 1. The minimum Gasteiger partial charge on any atom is -0.507 e. The van der Waals surface area contributed by atoms with Crippen molar-refractivity contribution in [1.29, 1.82) is 0 Å². The molecule has 0 radical (unpaired) electrons. The number of aromatic amines is 1. The number of fused-ring (bicyclic) bond motifs is 6. The standard InChI is InChI=1S/C32H32N4O5/c37-28-12-11-21-13-15-33-29(38)10-4-16-36(32(41)27-20-35-31(40)25-9-2-1-8-24(25)27)17-5-14-34-30(39)23-7-3-6-22(19-23)26(28)18-21/h1-3,6-9,11-12,18-20,37H,4-5,10,13-17H2,(H,33,38)(H,34,39)(H,35,40). The molecule has 1 aliphatic rings. The number of hydrogen-bond acceptors (Lipinski definition) is 5. The number of aromatic hydroxyl groups is 1. The molecular weight excluding hydrogens is 520 g/mol. The van der Waals surface area contributed by atoms with Gasteiger partial charge in [0.2, 0.25) is 5.91 Å². The fourth-order valence-electron chi connectivity index (χ4n) is 5.11. The first-order valence-electron chi connectivity index (χ1n) is 13.8. The lowest BCUT2D eigenvalue weighted by atomic mass is 9.98. The van der Waals surface area contributed by atoms with Crippen molar-refractivity contribution in [3.8, 4) is 16.9 Å². The number of nitrogens with one attached hydrogen (secondary N) is 3. The Morgan fingerprint density at radius 1 is 0.780 bits per heavy atom. The Labute approximate surface area is 237 Å². The second-order valence-electron chi connectivity index (χ2n) is 10.1. The van der Waals surface area contributed by atoms with Crippen molar-refractivity contribution in [2.75, 3.05) is 26.2 Å². The van der Waals surface area contributed by atoms with Crippen LogP contribution in [0.25, 0.3) is 21.9 Å². The highest BCUT2D eigenvalue weighted by Crippen LogP contribution is 2.31. The van der Waals surface area contributed by atoms with Gasteiger partial charge in [-0.2, -0.15) is 0 Å². The van der Waals surface area contributed by atoms with Gasteiger partial charge in [0.15, 0.2) is 0 Å². The Hall–Kier alpha value is -4.92. The van der Waals surface area contributed by atoms with Crippen LogP contribution < -0.4 is 16.2 Å². The van der Waals surface area contributed by atoms with Gasteiger partial charge in [0.05, 0.1) is 5.56 Å². The van der Waals surface area contributed by atoms with Crippen LogP contribution >= 0.6 is 0 Å². The van der Waals surface area contributed by atoms with E-state index in [1.54, 1.807) is 53.4 Å². The van der Waals surface area contributed by atoms with Crippen LogP contribution in [0.4, 0.5) is 0 Å². The zero-order chi connectivity index (χ0) is 28.8. The number of phenolic OH excluding ortho intramolecular Hbond substituents is 1. The minimum absolute atomic E-state index is 0.108. The summed E-state index contributed by atoms with van der Waals surface area (Å²) in [5, 5.41) is 17.3. The molecule has 0 fully saturated rings. The van der Waals surface area contributed by atoms with E-state index in [1.807, 2.05) is 18.2 Å². The summed E-state index contributed by atoms with van der Waals surface area (Å²) in [4.78, 5) is 55.8. The fraction of sp³-hybridized carbons (Fsp3) is 0.250. The van der Waals surface area contributed by atoms with Crippen LogP contribution in [0.2, 0.25) is 0 Å². The average Bonchev–Trinajstić information content (AvgIpc) is 2.99. The predicted molar refractivity (Wildman–Crippen MR) is 157 cm³/mol. The van der Waals surface area contributed by atoms with Gasteiger partial charge in [-0.05, 0) is 60.7 Å². The Bertz CT molecular complexity index is 1660. The summed E-state index contributed by atoms with van der Waals surface area (Å²) in [6.07, 6.45) is 3.21. The lowest BCUT2D eigenvalue weighted by Crippen LogP contribution is -2.36. The summed E-state index contributed by atoms with van der Waals surface area (Å²) in [6, 6.07) is 19.3. The van der Waals surface area contributed by atoms with E-state index in [2.05, 4.69) is 15.6 Å². The number of carbonyl (C=O) groups excluding carboxylic acids is 3. The number of aromatic nitrogens is 1. The van der Waals surface area contributed by atoms with Crippen molar-refractivity contribution in [3.05, 3.63) is 100.0 Å². The number of rotatable bonds is 1. The SMILES string of the molecule is O=C1CCCN(C(=O)c2c[nH]c(=O)c3ccccc23)CCCNC(=O)c2cccc(c2)-c2cc(ccc2O)CCN1. The summed E-state index contributed by atoms with van der Waals surface area (Å²) in [5.74, 6) is -0.494. The highest BCUT2D eigenvalue weighted by Gasteiger charge is 2.20. The molecule has 0 atom stereocenters. The monoisotopic (exact) mass is 552 g/mol. The smallest absolute Gasteiger partial charge is 0.255 e. The molecule has 3 aromatic carbocycles. The maximum absolute atomic E-state index is 13.7. The summed E-state index contributed by atoms with van der Waals surface area (Å²) in [7, 11) is 0. The Morgan fingerprint density at radius 3 is 2.41 bits per heavy atom. The summed E-state index contributed by atoms with van der Waals surface area (Å²) in [5.41, 5.74) is 2.85. The molecule has 0 unspecified atom stereocenters. The van der Waals surface area contributed by atoms with Gasteiger partial charge in [-0.15, -0.1) is 0 Å². The van der Waals surface area contributed by atoms with Crippen molar-refractivity contribution in [2.45, 2.75) is 25.7 Å². The predicted octanol–water partition coefficient (Wildman–Crippen LogP) is 3.62. The maximum atomic E-state index is 13.7. The molecule has 4 aromatic rings. The molecule has 4 N–H and O–H groups in total. The summed E-state index contributed by atoms with van der Waals surface area (Å²) in [6.45, 7) is 1.46. The second kappa shape index (κ2) is 12.5. The molecule has 4 bridgehead atoms. The first kappa shape index (κ1) is 27.6. The van der Waals surface area contributed by atoms with E-state index in [0.29, 0.717) is 78.5 Å². The van der Waals surface area contributed by atoms with Gasteiger partial charge < -0.3 is 25.6 Å².